The van der Waals surface area contributed by atoms with Crippen LogP contribution in [0.1, 0.15) is 58.4 Å². The predicted molar refractivity (Wildman–Crippen MR) is 152 cm³/mol. The number of rotatable bonds is 6. The maximum absolute atomic E-state index is 13.5. The average Bonchev–Trinajstić information content (AvgIpc) is 3.77. The Labute approximate surface area is 237 Å². The van der Waals surface area contributed by atoms with Crippen molar-refractivity contribution in [2.75, 3.05) is 24.5 Å². The molecule has 4 aromatic rings. The lowest BCUT2D eigenvalue weighted by molar-refractivity contribution is 0.0547. The van der Waals surface area contributed by atoms with Gasteiger partial charge in [-0.2, -0.15) is 0 Å². The van der Waals surface area contributed by atoms with E-state index in [0.29, 0.717) is 24.5 Å². The summed E-state index contributed by atoms with van der Waals surface area (Å²) in [6.45, 7) is 6.76. The monoisotopic (exact) mass is 552 g/mol. The molecule has 41 heavy (non-hydrogen) atoms. The normalized spacial score (nSPS) is 25.3. The van der Waals surface area contributed by atoms with Gasteiger partial charge >= 0.3 is 5.97 Å². The molecule has 7 rings (SSSR count). The molecule has 1 aromatic carbocycles. The molecule has 2 saturated heterocycles. The molecule has 1 aliphatic carbocycles. The molecule has 10 nitrogen and oxygen atoms in total. The van der Waals surface area contributed by atoms with E-state index < -0.39 is 5.97 Å². The Balaban J connectivity index is 1.05. The molecule has 3 fully saturated rings. The number of hydrogen-bond donors (Lipinski definition) is 1. The molecular formula is C31H32N6O4. The van der Waals surface area contributed by atoms with Crippen molar-refractivity contribution in [3.05, 3.63) is 83.4 Å². The van der Waals surface area contributed by atoms with Crippen LogP contribution < -0.4 is 9.64 Å². The molecule has 10 heteroatoms. The summed E-state index contributed by atoms with van der Waals surface area (Å²) in [5, 5.41) is 13.8. The van der Waals surface area contributed by atoms with E-state index in [2.05, 4.69) is 63.3 Å². The molecule has 1 amide bonds. The van der Waals surface area contributed by atoms with Gasteiger partial charge in [-0.05, 0) is 43.0 Å². The predicted octanol–water partition coefficient (Wildman–Crippen LogP) is 3.98. The van der Waals surface area contributed by atoms with E-state index in [9.17, 15) is 14.7 Å². The molecule has 210 valence electrons. The fourth-order valence-electron chi connectivity index (χ4n) is 6.83. The molecule has 0 spiro atoms. The highest BCUT2D eigenvalue weighted by Gasteiger charge is 2.48. The number of aromatic carboxylic acids is 1. The molecule has 3 aromatic heterocycles. The highest BCUT2D eigenvalue weighted by molar-refractivity contribution is 5.91. The third-order valence-corrected chi connectivity index (χ3v) is 9.06. The maximum atomic E-state index is 13.5. The van der Waals surface area contributed by atoms with Gasteiger partial charge in [0.25, 0.3) is 5.91 Å². The first-order valence-corrected chi connectivity index (χ1v) is 14.1. The highest BCUT2D eigenvalue weighted by Crippen LogP contribution is 2.40. The number of carbonyl (C=O) groups is 2. The Kier molecular flexibility index (Phi) is 5.95. The second-order valence-electron chi connectivity index (χ2n) is 11.8. The van der Waals surface area contributed by atoms with Crippen LogP contribution in [-0.2, 0) is 5.41 Å². The Morgan fingerprint density at radius 1 is 1.07 bits per heavy atom. The summed E-state index contributed by atoms with van der Waals surface area (Å²) in [7, 11) is 0. The van der Waals surface area contributed by atoms with Crippen LogP contribution in [-0.4, -0.2) is 73.2 Å². The first-order valence-electron chi connectivity index (χ1n) is 14.1. The molecule has 0 radical (unpaired) electrons. The number of carbonyl (C=O) groups excluding carboxylic acids is 1. The van der Waals surface area contributed by atoms with E-state index in [4.69, 9.17) is 4.74 Å². The number of likely N-dealkylation sites (tertiary alicyclic amines) is 1. The largest absolute Gasteiger partial charge is 0.477 e. The zero-order chi connectivity index (χ0) is 28.3. The van der Waals surface area contributed by atoms with Gasteiger partial charge in [-0.25, -0.2) is 19.3 Å². The van der Waals surface area contributed by atoms with Gasteiger partial charge in [-0.1, -0.05) is 43.3 Å². The lowest BCUT2D eigenvalue weighted by Gasteiger charge is -2.30. The van der Waals surface area contributed by atoms with E-state index in [1.54, 1.807) is 16.6 Å². The van der Waals surface area contributed by atoms with Crippen molar-refractivity contribution < 1.29 is 19.4 Å². The van der Waals surface area contributed by atoms with Gasteiger partial charge in [0.05, 0.1) is 11.9 Å². The van der Waals surface area contributed by atoms with E-state index in [0.717, 1.165) is 37.2 Å². The average molecular weight is 553 g/mol. The van der Waals surface area contributed by atoms with Crippen molar-refractivity contribution in [1.82, 2.24) is 24.5 Å². The number of amides is 1. The van der Waals surface area contributed by atoms with E-state index >= 15 is 0 Å². The van der Waals surface area contributed by atoms with Crippen LogP contribution in [0.5, 0.6) is 5.88 Å². The number of pyridine rings is 2. The van der Waals surface area contributed by atoms with Crippen LogP contribution in [0, 0.1) is 12.8 Å². The molecular weight excluding hydrogens is 520 g/mol. The zero-order valence-corrected chi connectivity index (χ0v) is 23.1. The van der Waals surface area contributed by atoms with Crippen LogP contribution in [0.2, 0.25) is 0 Å². The molecule has 1 saturated carbocycles. The first-order chi connectivity index (χ1) is 19.8. The van der Waals surface area contributed by atoms with Crippen LogP contribution in [0.25, 0.3) is 5.65 Å². The lowest BCUT2D eigenvalue weighted by atomic mass is 9.82. The summed E-state index contributed by atoms with van der Waals surface area (Å²) < 4.78 is 7.80. The summed E-state index contributed by atoms with van der Waals surface area (Å²) in [6.07, 6.45) is 4.45. The SMILES string of the molecule is Cc1cc(N2CC[C@](C)(c3ccccc3)C2)cn2nc(C(=O)N3C[C@H]4C[C@@H]3C[C@H]4Oc3cccc(C(=O)O)n3)nc12. The third kappa shape index (κ3) is 4.47. The minimum atomic E-state index is -1.09. The van der Waals surface area contributed by atoms with Gasteiger partial charge in [-0.15, -0.1) is 5.10 Å². The minimum absolute atomic E-state index is 0.0312. The lowest BCUT2D eigenvalue weighted by Crippen LogP contribution is -2.43. The summed E-state index contributed by atoms with van der Waals surface area (Å²) in [6, 6.07) is 17.6. The molecule has 4 atom stereocenters. The number of benzene rings is 1. The van der Waals surface area contributed by atoms with Crippen molar-refractivity contribution in [3.63, 3.8) is 0 Å². The summed E-state index contributed by atoms with van der Waals surface area (Å²) in [5.41, 5.74) is 4.14. The number of fused-ring (bicyclic) bond motifs is 3. The Bertz CT molecular complexity index is 1660. The number of ether oxygens (including phenoxy) is 1. The van der Waals surface area contributed by atoms with Crippen LogP contribution >= 0.6 is 0 Å². The third-order valence-electron chi connectivity index (χ3n) is 9.06. The second-order valence-corrected chi connectivity index (χ2v) is 11.8. The van der Waals surface area contributed by atoms with Gasteiger partial charge in [0.2, 0.25) is 11.7 Å². The fraction of sp³-hybridized carbons (Fsp3) is 0.387. The van der Waals surface area contributed by atoms with Gasteiger partial charge in [0, 0.05) is 49.5 Å². The van der Waals surface area contributed by atoms with Gasteiger partial charge in [0.1, 0.15) is 6.10 Å². The Hall–Kier alpha value is -4.47. The van der Waals surface area contributed by atoms with Crippen molar-refractivity contribution in [1.29, 1.82) is 0 Å². The number of aryl methyl sites for hydroxylation is 1. The quantitative estimate of drug-likeness (QED) is 0.382. The van der Waals surface area contributed by atoms with Gasteiger partial charge in [-0.3, -0.25) is 4.79 Å². The number of piperidine rings is 1. The number of carboxylic acid groups (broad SMARTS) is 1. The van der Waals surface area contributed by atoms with E-state index in [-0.39, 0.29) is 40.9 Å². The van der Waals surface area contributed by atoms with Crippen LogP contribution in [0.4, 0.5) is 5.69 Å². The van der Waals surface area contributed by atoms with Crippen molar-refractivity contribution >= 4 is 23.2 Å². The minimum Gasteiger partial charge on any atom is -0.477 e. The number of hydrogen-bond acceptors (Lipinski definition) is 7. The molecule has 3 aliphatic rings. The number of carboxylic acids is 1. The topological polar surface area (TPSA) is 113 Å². The number of aromatic nitrogens is 4. The zero-order valence-electron chi connectivity index (χ0n) is 23.1. The Morgan fingerprint density at radius 2 is 1.90 bits per heavy atom. The fourth-order valence-corrected chi connectivity index (χ4v) is 6.83. The molecule has 1 N–H and O–H groups in total. The number of nitrogens with zero attached hydrogens (tertiary/aromatic N) is 6. The van der Waals surface area contributed by atoms with Crippen molar-refractivity contribution in [2.45, 2.75) is 50.7 Å². The summed E-state index contributed by atoms with van der Waals surface area (Å²) in [5.74, 6) is -0.589. The van der Waals surface area contributed by atoms with Crippen molar-refractivity contribution in [2.24, 2.45) is 5.92 Å². The van der Waals surface area contributed by atoms with E-state index in [1.165, 1.54) is 11.6 Å². The summed E-state index contributed by atoms with van der Waals surface area (Å²) in [4.78, 5) is 37.8. The standard InChI is InChI=1S/C31H32N6O4/c1-19-13-23(35-12-11-31(2,18-35)21-7-4-3-5-8-21)17-37-28(19)33-27(34-37)29(38)36-16-20-14-22(36)15-25(20)41-26-10-6-9-24(32-26)30(39)40/h3-10,13,17,20,22,25H,11-12,14-16,18H2,1-2H3,(H,39,40)/t20-,22-,25-,31+/m1/s1. The molecule has 2 aliphatic heterocycles. The van der Waals surface area contributed by atoms with E-state index in [1.807, 2.05) is 18.0 Å². The molecule has 5 heterocycles. The molecule has 0 unspecified atom stereocenters. The summed E-state index contributed by atoms with van der Waals surface area (Å²) >= 11 is 0. The van der Waals surface area contributed by atoms with Crippen LogP contribution in [0.3, 0.4) is 0 Å². The van der Waals surface area contributed by atoms with Gasteiger partial charge in [0.15, 0.2) is 11.3 Å². The maximum Gasteiger partial charge on any atom is 0.354 e. The van der Waals surface area contributed by atoms with Gasteiger partial charge < -0.3 is 19.6 Å². The first kappa shape index (κ1) is 25.5. The highest BCUT2D eigenvalue weighted by atomic mass is 16.5. The second kappa shape index (κ2) is 9.57. The molecule has 2 bridgehead atoms. The Morgan fingerprint density at radius 3 is 2.66 bits per heavy atom. The van der Waals surface area contributed by atoms with Crippen LogP contribution in [0.15, 0.2) is 60.8 Å². The number of anilines is 1. The van der Waals surface area contributed by atoms with Crippen molar-refractivity contribution in [3.8, 4) is 5.88 Å². The smallest absolute Gasteiger partial charge is 0.354 e.